The number of carboxylic acids is 1. The summed E-state index contributed by atoms with van der Waals surface area (Å²) in [6.07, 6.45) is 0. The third-order valence-corrected chi connectivity index (χ3v) is 4.16. The van der Waals surface area contributed by atoms with Crippen LogP contribution in [0.5, 0.6) is 0 Å². The fourth-order valence-electron chi connectivity index (χ4n) is 1.78. The summed E-state index contributed by atoms with van der Waals surface area (Å²) < 4.78 is 13.3. The van der Waals surface area contributed by atoms with Crippen LogP contribution in [0.25, 0.3) is 10.4 Å². The smallest absolute Gasteiger partial charge is 0.348 e. The fraction of sp³-hybridized carbons (Fsp3) is 0.154. The van der Waals surface area contributed by atoms with E-state index in [0.29, 0.717) is 16.0 Å². The van der Waals surface area contributed by atoms with Gasteiger partial charge in [-0.1, -0.05) is 6.07 Å². The van der Waals surface area contributed by atoms with Gasteiger partial charge in [-0.2, -0.15) is 0 Å². The molecule has 0 fully saturated rings. The molecule has 0 atom stereocenters. The number of rotatable bonds is 2. The summed E-state index contributed by atoms with van der Waals surface area (Å²) in [4.78, 5) is 11.8. The summed E-state index contributed by atoms with van der Waals surface area (Å²) in [5, 5.41) is 9.03. The van der Waals surface area contributed by atoms with Crippen molar-refractivity contribution in [3.05, 3.63) is 40.0 Å². The van der Waals surface area contributed by atoms with Crippen LogP contribution in [0.4, 0.5) is 10.1 Å². The van der Waals surface area contributed by atoms with Crippen LogP contribution in [-0.2, 0) is 0 Å². The molecule has 0 aliphatic carbocycles. The predicted octanol–water partition coefficient (Wildman–Crippen LogP) is 3.45. The van der Waals surface area contributed by atoms with Crippen LogP contribution < -0.4 is 5.73 Å². The molecule has 5 heteroatoms. The molecular formula is C13H12FNO2S. The van der Waals surface area contributed by atoms with Crippen molar-refractivity contribution in [1.29, 1.82) is 0 Å². The molecule has 0 unspecified atom stereocenters. The Bertz CT molecular complexity index is 634. The van der Waals surface area contributed by atoms with E-state index in [4.69, 9.17) is 10.8 Å². The molecule has 1 heterocycles. The van der Waals surface area contributed by atoms with E-state index in [1.54, 1.807) is 13.0 Å². The summed E-state index contributed by atoms with van der Waals surface area (Å²) in [7, 11) is 0. The predicted molar refractivity (Wildman–Crippen MR) is 70.6 cm³/mol. The van der Waals surface area contributed by atoms with E-state index in [0.717, 1.165) is 16.9 Å². The molecule has 1 aromatic carbocycles. The van der Waals surface area contributed by atoms with E-state index in [1.165, 1.54) is 12.1 Å². The van der Waals surface area contributed by atoms with Crippen molar-refractivity contribution in [2.75, 3.05) is 5.73 Å². The Morgan fingerprint density at radius 3 is 2.61 bits per heavy atom. The summed E-state index contributed by atoms with van der Waals surface area (Å²) in [6.45, 7) is 3.60. The number of thiophene rings is 1. The zero-order valence-electron chi connectivity index (χ0n) is 9.95. The average molecular weight is 265 g/mol. The molecule has 0 bridgehead atoms. The molecule has 94 valence electrons. The summed E-state index contributed by atoms with van der Waals surface area (Å²) >= 11 is 1.08. The number of halogens is 1. The van der Waals surface area contributed by atoms with Gasteiger partial charge in [0.25, 0.3) is 0 Å². The molecule has 0 saturated carbocycles. The number of benzene rings is 1. The van der Waals surface area contributed by atoms with E-state index < -0.39 is 5.97 Å². The number of nitrogens with two attached hydrogens (primary N) is 1. The number of hydrogen-bond acceptors (Lipinski definition) is 3. The number of nitrogen functional groups attached to an aromatic ring is 1. The molecule has 3 N–H and O–H groups in total. The first-order valence-corrected chi connectivity index (χ1v) is 6.12. The molecule has 0 spiro atoms. The monoisotopic (exact) mass is 265 g/mol. The Kier molecular flexibility index (Phi) is 3.09. The van der Waals surface area contributed by atoms with Crippen molar-refractivity contribution in [2.45, 2.75) is 13.8 Å². The van der Waals surface area contributed by atoms with Gasteiger partial charge in [0.15, 0.2) is 0 Å². The first kappa shape index (κ1) is 12.6. The first-order valence-electron chi connectivity index (χ1n) is 5.30. The van der Waals surface area contributed by atoms with Gasteiger partial charge >= 0.3 is 5.97 Å². The maximum Gasteiger partial charge on any atom is 0.348 e. The SMILES string of the molecule is Cc1ccc(F)cc1-c1sc(C(=O)O)c(N)c1C. The van der Waals surface area contributed by atoms with Gasteiger partial charge in [-0.15, -0.1) is 11.3 Å². The Morgan fingerprint density at radius 1 is 1.39 bits per heavy atom. The van der Waals surface area contributed by atoms with E-state index in [9.17, 15) is 9.18 Å². The number of aryl methyl sites for hydroxylation is 1. The topological polar surface area (TPSA) is 63.3 Å². The Hall–Kier alpha value is -1.88. The fourth-order valence-corrected chi connectivity index (χ4v) is 2.93. The minimum atomic E-state index is -1.05. The number of carbonyl (C=O) groups is 1. The van der Waals surface area contributed by atoms with Gasteiger partial charge in [0.2, 0.25) is 0 Å². The second-order valence-corrected chi connectivity index (χ2v) is 5.08. The molecule has 2 rings (SSSR count). The van der Waals surface area contributed by atoms with Gasteiger partial charge in [0, 0.05) is 4.88 Å². The third kappa shape index (κ3) is 1.97. The van der Waals surface area contributed by atoms with Gasteiger partial charge in [-0.25, -0.2) is 9.18 Å². The normalized spacial score (nSPS) is 10.6. The van der Waals surface area contributed by atoms with E-state index in [1.807, 2.05) is 6.92 Å². The Balaban J connectivity index is 2.68. The van der Waals surface area contributed by atoms with Crippen molar-refractivity contribution in [2.24, 2.45) is 0 Å². The zero-order chi connectivity index (χ0) is 13.4. The molecule has 2 aromatic rings. The number of carboxylic acid groups (broad SMARTS) is 1. The van der Waals surface area contributed by atoms with Crippen LogP contribution in [-0.4, -0.2) is 11.1 Å². The van der Waals surface area contributed by atoms with E-state index >= 15 is 0 Å². The largest absolute Gasteiger partial charge is 0.477 e. The number of hydrogen-bond donors (Lipinski definition) is 2. The summed E-state index contributed by atoms with van der Waals surface area (Å²) in [5.74, 6) is -1.40. The molecule has 0 aliphatic heterocycles. The van der Waals surface area contributed by atoms with Crippen molar-refractivity contribution in [3.8, 4) is 10.4 Å². The van der Waals surface area contributed by atoms with Gasteiger partial charge in [0.05, 0.1) is 5.69 Å². The van der Waals surface area contributed by atoms with Gasteiger partial charge in [-0.05, 0) is 42.7 Å². The molecule has 0 aliphatic rings. The number of anilines is 1. The third-order valence-electron chi connectivity index (χ3n) is 2.83. The molecule has 0 radical (unpaired) electrons. The highest BCUT2D eigenvalue weighted by Crippen LogP contribution is 2.39. The quantitative estimate of drug-likeness (QED) is 0.874. The van der Waals surface area contributed by atoms with E-state index in [-0.39, 0.29) is 16.4 Å². The van der Waals surface area contributed by atoms with Crippen LogP contribution in [0.15, 0.2) is 18.2 Å². The summed E-state index contributed by atoms with van der Waals surface area (Å²) in [6, 6.07) is 4.45. The van der Waals surface area contributed by atoms with Crippen molar-refractivity contribution >= 4 is 23.0 Å². The van der Waals surface area contributed by atoms with Crippen LogP contribution in [0.1, 0.15) is 20.8 Å². The molecule has 0 amide bonds. The highest BCUT2D eigenvalue weighted by molar-refractivity contribution is 7.18. The molecule has 18 heavy (non-hydrogen) atoms. The van der Waals surface area contributed by atoms with Crippen LogP contribution in [0.3, 0.4) is 0 Å². The minimum absolute atomic E-state index is 0.103. The van der Waals surface area contributed by atoms with Crippen molar-refractivity contribution in [1.82, 2.24) is 0 Å². The standard InChI is InChI=1S/C13H12FNO2S/c1-6-3-4-8(14)5-9(6)11-7(2)10(15)12(18-11)13(16)17/h3-5H,15H2,1-2H3,(H,16,17). The molecule has 1 aromatic heterocycles. The summed E-state index contributed by atoms with van der Waals surface area (Å²) in [5.41, 5.74) is 8.29. The average Bonchev–Trinajstić information content (AvgIpc) is 2.60. The highest BCUT2D eigenvalue weighted by atomic mass is 32.1. The van der Waals surface area contributed by atoms with Crippen molar-refractivity contribution in [3.63, 3.8) is 0 Å². The van der Waals surface area contributed by atoms with Crippen LogP contribution in [0.2, 0.25) is 0 Å². The lowest BCUT2D eigenvalue weighted by molar-refractivity contribution is 0.0703. The zero-order valence-corrected chi connectivity index (χ0v) is 10.8. The minimum Gasteiger partial charge on any atom is -0.477 e. The molecular weight excluding hydrogens is 253 g/mol. The Morgan fingerprint density at radius 2 is 2.06 bits per heavy atom. The van der Waals surface area contributed by atoms with Gasteiger partial charge in [-0.3, -0.25) is 0 Å². The molecule has 0 saturated heterocycles. The second-order valence-electron chi connectivity index (χ2n) is 4.06. The molecule has 3 nitrogen and oxygen atoms in total. The lowest BCUT2D eigenvalue weighted by atomic mass is 10.0. The van der Waals surface area contributed by atoms with Gasteiger partial charge < -0.3 is 10.8 Å². The maximum absolute atomic E-state index is 13.3. The van der Waals surface area contributed by atoms with Crippen LogP contribution in [0, 0.1) is 19.7 Å². The van der Waals surface area contributed by atoms with Crippen molar-refractivity contribution < 1.29 is 14.3 Å². The maximum atomic E-state index is 13.3. The highest BCUT2D eigenvalue weighted by Gasteiger charge is 2.19. The lowest BCUT2D eigenvalue weighted by Gasteiger charge is -2.05. The van der Waals surface area contributed by atoms with Gasteiger partial charge in [0.1, 0.15) is 10.7 Å². The van der Waals surface area contributed by atoms with Crippen LogP contribution >= 0.6 is 11.3 Å². The lowest BCUT2D eigenvalue weighted by Crippen LogP contribution is -1.97. The second kappa shape index (κ2) is 4.42. The Labute approximate surface area is 108 Å². The number of aromatic carboxylic acids is 1. The first-order chi connectivity index (χ1) is 8.41. The van der Waals surface area contributed by atoms with E-state index in [2.05, 4.69) is 0 Å².